The lowest BCUT2D eigenvalue weighted by atomic mass is 10.1. The van der Waals surface area contributed by atoms with E-state index in [-0.39, 0.29) is 5.91 Å². The van der Waals surface area contributed by atoms with Gasteiger partial charge in [0, 0.05) is 0 Å². The van der Waals surface area contributed by atoms with Gasteiger partial charge >= 0.3 is 0 Å². The number of rotatable bonds is 4. The van der Waals surface area contributed by atoms with Crippen LogP contribution in [-0.4, -0.2) is 10.9 Å². The summed E-state index contributed by atoms with van der Waals surface area (Å²) >= 11 is 6.47. The molecular weight excluding hydrogens is 440 g/mol. The SMILES string of the molecule is Cc1cc(C)c2sc(N(Cc3ccccc3)C(=O)c3ccc(Br)s3)nc2c1. The van der Waals surface area contributed by atoms with Crippen LogP contribution in [0.15, 0.2) is 58.4 Å². The van der Waals surface area contributed by atoms with Crippen molar-refractivity contribution >= 4 is 59.9 Å². The summed E-state index contributed by atoms with van der Waals surface area (Å²) in [5.41, 5.74) is 4.40. The van der Waals surface area contributed by atoms with Crippen LogP contribution in [0.2, 0.25) is 0 Å². The molecule has 27 heavy (non-hydrogen) atoms. The lowest BCUT2D eigenvalue weighted by Crippen LogP contribution is -2.29. The standard InChI is InChI=1S/C21H17BrN2OS2/c1-13-10-14(2)19-16(11-13)23-21(27-19)24(12-15-6-4-3-5-7-15)20(25)17-8-9-18(22)26-17/h3-11H,12H2,1-2H3. The summed E-state index contributed by atoms with van der Waals surface area (Å²) in [5.74, 6) is -0.0250. The second-order valence-corrected chi connectivity index (χ2v) is 9.85. The Hall–Kier alpha value is -2.02. The first-order valence-corrected chi connectivity index (χ1v) is 10.9. The molecule has 0 bridgehead atoms. The number of aromatic nitrogens is 1. The number of thiazole rings is 1. The minimum Gasteiger partial charge on any atom is -0.279 e. The Balaban J connectivity index is 1.79. The zero-order chi connectivity index (χ0) is 19.0. The van der Waals surface area contributed by atoms with E-state index in [9.17, 15) is 4.79 Å². The molecule has 0 saturated carbocycles. The number of aryl methyl sites for hydroxylation is 2. The van der Waals surface area contributed by atoms with Gasteiger partial charge in [0.05, 0.1) is 25.4 Å². The number of thiophene rings is 1. The summed E-state index contributed by atoms with van der Waals surface area (Å²) in [6, 6.07) is 18.0. The van der Waals surface area contributed by atoms with Crippen LogP contribution in [0.25, 0.3) is 10.2 Å². The van der Waals surface area contributed by atoms with E-state index in [0.717, 1.165) is 24.7 Å². The van der Waals surface area contributed by atoms with Gasteiger partial charge < -0.3 is 0 Å². The van der Waals surface area contributed by atoms with Gasteiger partial charge in [-0.2, -0.15) is 0 Å². The third-order valence-corrected chi connectivity index (χ3v) is 7.09. The molecule has 0 aliphatic carbocycles. The molecule has 6 heteroatoms. The van der Waals surface area contributed by atoms with Crippen molar-refractivity contribution in [1.29, 1.82) is 0 Å². The Morgan fingerprint density at radius 1 is 1.07 bits per heavy atom. The van der Waals surface area contributed by atoms with Crippen LogP contribution in [-0.2, 0) is 6.54 Å². The normalized spacial score (nSPS) is 11.1. The van der Waals surface area contributed by atoms with Crippen molar-refractivity contribution in [2.45, 2.75) is 20.4 Å². The maximum absolute atomic E-state index is 13.3. The van der Waals surface area contributed by atoms with Crippen LogP contribution in [0.5, 0.6) is 0 Å². The highest BCUT2D eigenvalue weighted by Gasteiger charge is 2.23. The topological polar surface area (TPSA) is 33.2 Å². The summed E-state index contributed by atoms with van der Waals surface area (Å²) in [5, 5.41) is 0.733. The second kappa shape index (κ2) is 7.54. The summed E-state index contributed by atoms with van der Waals surface area (Å²) in [6.45, 7) is 4.66. The summed E-state index contributed by atoms with van der Waals surface area (Å²) in [4.78, 5) is 20.6. The zero-order valence-corrected chi connectivity index (χ0v) is 18.1. The smallest absolute Gasteiger partial charge is 0.270 e. The number of anilines is 1. The summed E-state index contributed by atoms with van der Waals surface area (Å²) < 4.78 is 2.08. The number of hydrogen-bond donors (Lipinski definition) is 0. The number of hydrogen-bond acceptors (Lipinski definition) is 4. The monoisotopic (exact) mass is 456 g/mol. The molecule has 0 aliphatic heterocycles. The minimum absolute atomic E-state index is 0.0250. The predicted molar refractivity (Wildman–Crippen MR) is 118 cm³/mol. The zero-order valence-electron chi connectivity index (χ0n) is 14.9. The molecule has 0 aliphatic rings. The van der Waals surface area contributed by atoms with E-state index < -0.39 is 0 Å². The first-order valence-electron chi connectivity index (χ1n) is 8.50. The highest BCUT2D eigenvalue weighted by atomic mass is 79.9. The van der Waals surface area contributed by atoms with Crippen molar-refractivity contribution < 1.29 is 4.79 Å². The number of halogens is 1. The van der Waals surface area contributed by atoms with Crippen molar-refractivity contribution in [3.63, 3.8) is 0 Å². The van der Waals surface area contributed by atoms with Crippen molar-refractivity contribution in [1.82, 2.24) is 4.98 Å². The molecule has 0 radical (unpaired) electrons. The molecular formula is C21H17BrN2OS2. The highest BCUT2D eigenvalue weighted by Crippen LogP contribution is 2.34. The van der Waals surface area contributed by atoms with E-state index in [2.05, 4.69) is 41.9 Å². The maximum atomic E-state index is 13.3. The first kappa shape index (κ1) is 18.3. The predicted octanol–water partition coefficient (Wildman–Crippen LogP) is 6.58. The largest absolute Gasteiger partial charge is 0.279 e. The molecule has 2 aromatic heterocycles. The fraction of sp³-hybridized carbons (Fsp3) is 0.143. The van der Waals surface area contributed by atoms with Gasteiger partial charge in [-0.15, -0.1) is 11.3 Å². The maximum Gasteiger partial charge on any atom is 0.270 e. The number of nitrogens with zero attached hydrogens (tertiary/aromatic N) is 2. The minimum atomic E-state index is -0.0250. The molecule has 136 valence electrons. The van der Waals surface area contributed by atoms with Crippen molar-refractivity contribution in [3.05, 3.63) is 80.0 Å². The fourth-order valence-corrected chi connectivity index (χ4v) is 5.38. The van der Waals surface area contributed by atoms with Crippen molar-refractivity contribution in [2.24, 2.45) is 0 Å². The Kier molecular flexibility index (Phi) is 5.12. The van der Waals surface area contributed by atoms with Gasteiger partial charge in [-0.25, -0.2) is 4.98 Å². The average Bonchev–Trinajstić information content (AvgIpc) is 3.26. The number of benzene rings is 2. The van der Waals surface area contributed by atoms with Gasteiger partial charge in [-0.3, -0.25) is 9.69 Å². The molecule has 0 atom stereocenters. The molecule has 0 N–H and O–H groups in total. The molecule has 0 fully saturated rings. The van der Waals surface area contributed by atoms with Crippen LogP contribution < -0.4 is 4.90 Å². The van der Waals surface area contributed by atoms with Crippen LogP contribution in [0.4, 0.5) is 5.13 Å². The average molecular weight is 457 g/mol. The molecule has 1 amide bonds. The van der Waals surface area contributed by atoms with E-state index in [1.54, 1.807) is 16.2 Å². The molecule has 0 saturated heterocycles. The Morgan fingerprint density at radius 3 is 2.56 bits per heavy atom. The molecule has 0 spiro atoms. The van der Waals surface area contributed by atoms with Gasteiger partial charge in [0.1, 0.15) is 0 Å². The molecule has 0 unspecified atom stereocenters. The lowest BCUT2D eigenvalue weighted by molar-refractivity contribution is 0.0989. The molecule has 2 heterocycles. The molecule has 3 nitrogen and oxygen atoms in total. The number of carbonyl (C=O) groups excluding carboxylic acids is 1. The first-order chi connectivity index (χ1) is 13.0. The van der Waals surface area contributed by atoms with E-state index >= 15 is 0 Å². The fourth-order valence-electron chi connectivity index (χ4n) is 3.03. The van der Waals surface area contributed by atoms with Gasteiger partial charge in [-0.1, -0.05) is 47.7 Å². The third kappa shape index (κ3) is 3.83. The number of carbonyl (C=O) groups is 1. The molecule has 4 rings (SSSR count). The summed E-state index contributed by atoms with van der Waals surface area (Å²) in [7, 11) is 0. The van der Waals surface area contributed by atoms with E-state index in [1.807, 2.05) is 42.5 Å². The van der Waals surface area contributed by atoms with E-state index in [4.69, 9.17) is 4.98 Å². The van der Waals surface area contributed by atoms with Gasteiger partial charge in [0.15, 0.2) is 5.13 Å². The van der Waals surface area contributed by atoms with Gasteiger partial charge in [0.2, 0.25) is 0 Å². The van der Waals surface area contributed by atoms with E-state index in [1.165, 1.54) is 22.5 Å². The second-order valence-electron chi connectivity index (χ2n) is 6.41. The van der Waals surface area contributed by atoms with Crippen LogP contribution in [0, 0.1) is 13.8 Å². The Labute approximate surface area is 174 Å². The number of fused-ring (bicyclic) bond motifs is 1. The lowest BCUT2D eigenvalue weighted by Gasteiger charge is -2.19. The highest BCUT2D eigenvalue weighted by molar-refractivity contribution is 9.11. The van der Waals surface area contributed by atoms with Gasteiger partial charge in [-0.05, 0) is 64.7 Å². The van der Waals surface area contributed by atoms with Crippen LogP contribution in [0.3, 0.4) is 0 Å². The van der Waals surface area contributed by atoms with Gasteiger partial charge in [0.25, 0.3) is 5.91 Å². The molecule has 2 aromatic carbocycles. The number of amides is 1. The van der Waals surface area contributed by atoms with Crippen molar-refractivity contribution in [3.8, 4) is 0 Å². The van der Waals surface area contributed by atoms with E-state index in [0.29, 0.717) is 11.4 Å². The third-order valence-electron chi connectivity index (χ3n) is 4.25. The quantitative estimate of drug-likeness (QED) is 0.347. The Morgan fingerprint density at radius 2 is 1.85 bits per heavy atom. The van der Waals surface area contributed by atoms with Crippen LogP contribution in [0.1, 0.15) is 26.4 Å². The molecule has 4 aromatic rings. The Bertz CT molecular complexity index is 1120. The summed E-state index contributed by atoms with van der Waals surface area (Å²) in [6.07, 6.45) is 0. The van der Waals surface area contributed by atoms with Crippen molar-refractivity contribution in [2.75, 3.05) is 4.90 Å². The van der Waals surface area contributed by atoms with Crippen LogP contribution >= 0.6 is 38.6 Å².